The highest BCUT2D eigenvalue weighted by molar-refractivity contribution is 5.82. The molecule has 2 rings (SSSR count). The highest BCUT2D eigenvalue weighted by Gasteiger charge is 2.16. The number of nitrogens with zero attached hydrogens (tertiary/aromatic N) is 1. The summed E-state index contributed by atoms with van der Waals surface area (Å²) in [4.78, 5) is 11.8. The Hall–Kier alpha value is -1.77. The maximum Gasteiger partial charge on any atom is 0.326 e. The first-order valence-electron chi connectivity index (χ1n) is 6.12. The Balaban J connectivity index is 2.20. The maximum absolute atomic E-state index is 11.8. The van der Waals surface area contributed by atoms with Gasteiger partial charge in [-0.25, -0.2) is 0 Å². The topological polar surface area (TPSA) is 31.2 Å². The van der Waals surface area contributed by atoms with Gasteiger partial charge < -0.3 is 9.30 Å². The van der Waals surface area contributed by atoms with Gasteiger partial charge in [-0.15, -0.1) is 0 Å². The predicted molar refractivity (Wildman–Crippen MR) is 72.5 cm³/mol. The molecule has 3 nitrogen and oxygen atoms in total. The molecule has 0 fully saturated rings. The van der Waals surface area contributed by atoms with Crippen LogP contribution in [0.15, 0.2) is 30.5 Å². The van der Waals surface area contributed by atoms with Crippen molar-refractivity contribution in [1.82, 2.24) is 4.57 Å². The number of carbonyl (C=O) groups is 1. The molecule has 1 aromatic heterocycles. The summed E-state index contributed by atoms with van der Waals surface area (Å²) >= 11 is 0. The second-order valence-electron chi connectivity index (χ2n) is 5.59. The van der Waals surface area contributed by atoms with Crippen molar-refractivity contribution >= 4 is 16.9 Å². The molecule has 1 heterocycles. The van der Waals surface area contributed by atoms with Gasteiger partial charge in [-0.1, -0.05) is 11.6 Å². The molecule has 2 aromatic rings. The van der Waals surface area contributed by atoms with Crippen LogP contribution in [0.2, 0.25) is 0 Å². The fourth-order valence-electron chi connectivity index (χ4n) is 1.97. The van der Waals surface area contributed by atoms with Crippen molar-refractivity contribution in [1.29, 1.82) is 0 Å². The van der Waals surface area contributed by atoms with E-state index in [1.165, 1.54) is 5.56 Å². The van der Waals surface area contributed by atoms with Crippen molar-refractivity contribution in [3.8, 4) is 0 Å². The zero-order chi connectivity index (χ0) is 13.3. The number of benzene rings is 1. The monoisotopic (exact) mass is 245 g/mol. The standard InChI is InChI=1S/C15H19NO2/c1-11-5-6-13-12(9-11)7-8-16(13)10-14(17)18-15(2,3)4/h5-9H,10H2,1-4H3. The highest BCUT2D eigenvalue weighted by atomic mass is 16.6. The van der Waals surface area contributed by atoms with Crippen LogP contribution in [0, 0.1) is 6.92 Å². The minimum atomic E-state index is -0.434. The van der Waals surface area contributed by atoms with Gasteiger partial charge in [0, 0.05) is 11.7 Å². The van der Waals surface area contributed by atoms with Crippen LogP contribution in [0.5, 0.6) is 0 Å². The summed E-state index contributed by atoms with van der Waals surface area (Å²) in [6.45, 7) is 7.94. The Morgan fingerprint density at radius 2 is 2.00 bits per heavy atom. The third kappa shape index (κ3) is 2.92. The lowest BCUT2D eigenvalue weighted by molar-refractivity contribution is -0.155. The van der Waals surface area contributed by atoms with Crippen LogP contribution in [0.3, 0.4) is 0 Å². The van der Waals surface area contributed by atoms with Gasteiger partial charge in [-0.2, -0.15) is 0 Å². The van der Waals surface area contributed by atoms with E-state index in [4.69, 9.17) is 4.74 Å². The fourth-order valence-corrected chi connectivity index (χ4v) is 1.97. The van der Waals surface area contributed by atoms with Crippen LogP contribution in [0.25, 0.3) is 10.9 Å². The molecular formula is C15H19NO2. The first kappa shape index (κ1) is 12.7. The highest BCUT2D eigenvalue weighted by Crippen LogP contribution is 2.18. The molecule has 0 unspecified atom stereocenters. The van der Waals surface area contributed by atoms with E-state index in [-0.39, 0.29) is 12.5 Å². The molecule has 0 N–H and O–H groups in total. The van der Waals surface area contributed by atoms with E-state index in [1.54, 1.807) is 0 Å². The van der Waals surface area contributed by atoms with E-state index in [0.717, 1.165) is 10.9 Å². The van der Waals surface area contributed by atoms with E-state index in [2.05, 4.69) is 13.0 Å². The summed E-state index contributed by atoms with van der Waals surface area (Å²) in [5.74, 6) is -0.208. The Bertz CT molecular complexity index is 576. The maximum atomic E-state index is 11.8. The van der Waals surface area contributed by atoms with Crippen LogP contribution in [-0.4, -0.2) is 16.1 Å². The summed E-state index contributed by atoms with van der Waals surface area (Å²) in [5.41, 5.74) is 1.85. The molecule has 0 aliphatic rings. The number of hydrogen-bond donors (Lipinski definition) is 0. The third-order valence-electron chi connectivity index (χ3n) is 2.65. The largest absolute Gasteiger partial charge is 0.459 e. The Morgan fingerprint density at radius 3 is 2.67 bits per heavy atom. The first-order chi connectivity index (χ1) is 8.35. The molecule has 0 aliphatic carbocycles. The van der Waals surface area contributed by atoms with Gasteiger partial charge in [0.1, 0.15) is 12.1 Å². The molecule has 0 spiro atoms. The van der Waals surface area contributed by atoms with Crippen molar-refractivity contribution in [2.45, 2.75) is 39.8 Å². The number of aromatic nitrogens is 1. The van der Waals surface area contributed by atoms with Crippen molar-refractivity contribution in [2.24, 2.45) is 0 Å². The minimum absolute atomic E-state index is 0.208. The van der Waals surface area contributed by atoms with Crippen molar-refractivity contribution in [3.63, 3.8) is 0 Å². The lowest BCUT2D eigenvalue weighted by Crippen LogP contribution is -2.26. The molecule has 96 valence electrons. The summed E-state index contributed by atoms with van der Waals surface area (Å²) < 4.78 is 7.24. The SMILES string of the molecule is Cc1ccc2c(ccn2CC(=O)OC(C)(C)C)c1. The van der Waals surface area contributed by atoms with Gasteiger partial charge in [0.05, 0.1) is 0 Å². The third-order valence-corrected chi connectivity index (χ3v) is 2.65. The second-order valence-corrected chi connectivity index (χ2v) is 5.59. The van der Waals surface area contributed by atoms with Gasteiger partial charge in [0.25, 0.3) is 0 Å². The molecule has 0 saturated heterocycles. The van der Waals surface area contributed by atoms with Gasteiger partial charge in [0.2, 0.25) is 0 Å². The van der Waals surface area contributed by atoms with Crippen molar-refractivity contribution < 1.29 is 9.53 Å². The zero-order valence-electron chi connectivity index (χ0n) is 11.4. The Morgan fingerprint density at radius 1 is 1.28 bits per heavy atom. The van der Waals surface area contributed by atoms with Crippen LogP contribution >= 0.6 is 0 Å². The van der Waals surface area contributed by atoms with E-state index in [1.807, 2.05) is 49.7 Å². The normalized spacial score (nSPS) is 11.8. The molecule has 0 amide bonds. The summed E-state index contributed by atoms with van der Waals surface area (Å²) in [6, 6.07) is 8.22. The average molecular weight is 245 g/mol. The molecule has 0 bridgehead atoms. The molecule has 3 heteroatoms. The fraction of sp³-hybridized carbons (Fsp3) is 0.400. The second kappa shape index (κ2) is 4.48. The predicted octanol–water partition coefficient (Wildman–Crippen LogP) is 3.29. The summed E-state index contributed by atoms with van der Waals surface area (Å²) in [6.07, 6.45) is 1.92. The van der Waals surface area contributed by atoms with Gasteiger partial charge >= 0.3 is 5.97 Å². The van der Waals surface area contributed by atoms with E-state index < -0.39 is 5.60 Å². The van der Waals surface area contributed by atoms with Gasteiger partial charge in [-0.05, 0) is 51.3 Å². The smallest absolute Gasteiger partial charge is 0.326 e. The quantitative estimate of drug-likeness (QED) is 0.760. The Kier molecular flexibility index (Phi) is 3.16. The lowest BCUT2D eigenvalue weighted by atomic mass is 10.2. The summed E-state index contributed by atoms with van der Waals surface area (Å²) in [5, 5.41) is 1.15. The number of ether oxygens (including phenoxy) is 1. The molecule has 18 heavy (non-hydrogen) atoms. The lowest BCUT2D eigenvalue weighted by Gasteiger charge is -2.19. The molecule has 1 aromatic carbocycles. The van der Waals surface area contributed by atoms with Crippen LogP contribution in [-0.2, 0) is 16.1 Å². The number of aryl methyl sites for hydroxylation is 1. The molecule has 0 aliphatic heterocycles. The van der Waals surface area contributed by atoms with Crippen LogP contribution in [0.1, 0.15) is 26.3 Å². The molecule has 0 atom stereocenters. The van der Waals surface area contributed by atoms with Crippen molar-refractivity contribution in [3.05, 3.63) is 36.0 Å². The summed E-state index contributed by atoms with van der Waals surface area (Å²) in [7, 11) is 0. The minimum Gasteiger partial charge on any atom is -0.459 e. The zero-order valence-corrected chi connectivity index (χ0v) is 11.4. The van der Waals surface area contributed by atoms with Crippen molar-refractivity contribution in [2.75, 3.05) is 0 Å². The number of fused-ring (bicyclic) bond motifs is 1. The number of esters is 1. The van der Waals surface area contributed by atoms with Crippen LogP contribution in [0.4, 0.5) is 0 Å². The average Bonchev–Trinajstić information content (AvgIpc) is 2.57. The van der Waals surface area contributed by atoms with E-state index in [0.29, 0.717) is 0 Å². The van der Waals surface area contributed by atoms with Crippen LogP contribution < -0.4 is 0 Å². The van der Waals surface area contributed by atoms with Gasteiger partial charge in [0.15, 0.2) is 0 Å². The van der Waals surface area contributed by atoms with Gasteiger partial charge in [-0.3, -0.25) is 4.79 Å². The number of carbonyl (C=O) groups excluding carboxylic acids is 1. The number of rotatable bonds is 2. The first-order valence-corrected chi connectivity index (χ1v) is 6.12. The van der Waals surface area contributed by atoms with E-state index in [9.17, 15) is 4.79 Å². The van der Waals surface area contributed by atoms with E-state index >= 15 is 0 Å². The number of hydrogen-bond acceptors (Lipinski definition) is 2. The molecule has 0 saturated carbocycles. The molecular weight excluding hydrogens is 226 g/mol. The molecule has 0 radical (unpaired) electrons. The Labute approximate surface area is 107 Å².